The molecule has 192 valence electrons. The van der Waals surface area contributed by atoms with E-state index in [9.17, 15) is 4.79 Å². The van der Waals surface area contributed by atoms with Gasteiger partial charge in [0.25, 0.3) is 0 Å². The van der Waals surface area contributed by atoms with Crippen LogP contribution in [0.25, 0.3) is 22.4 Å². The van der Waals surface area contributed by atoms with Gasteiger partial charge in [-0.3, -0.25) is 4.98 Å². The van der Waals surface area contributed by atoms with Crippen LogP contribution in [0.5, 0.6) is 0 Å². The highest BCUT2D eigenvalue weighted by molar-refractivity contribution is 5.89. The van der Waals surface area contributed by atoms with Crippen LogP contribution < -0.4 is 0 Å². The minimum absolute atomic E-state index is 0.0681. The van der Waals surface area contributed by atoms with E-state index in [1.54, 1.807) is 6.20 Å². The summed E-state index contributed by atoms with van der Waals surface area (Å²) >= 11 is 0. The number of ether oxygens (including phenoxy) is 1. The molecule has 0 bridgehead atoms. The summed E-state index contributed by atoms with van der Waals surface area (Å²) < 4.78 is 5.59. The van der Waals surface area contributed by atoms with Crippen molar-refractivity contribution in [2.45, 2.75) is 97.5 Å². The highest BCUT2D eigenvalue weighted by Gasteiger charge is 2.13. The molecule has 1 atom stereocenters. The summed E-state index contributed by atoms with van der Waals surface area (Å²) in [6.45, 7) is 6.42. The number of aryl methyl sites for hydroxylation is 1. The molecule has 1 aromatic heterocycles. The summed E-state index contributed by atoms with van der Waals surface area (Å²) in [5.74, 6) is -0.295. The fourth-order valence-corrected chi connectivity index (χ4v) is 4.48. The van der Waals surface area contributed by atoms with Crippen LogP contribution >= 0.6 is 0 Å². The van der Waals surface area contributed by atoms with Crippen molar-refractivity contribution < 1.29 is 9.53 Å². The summed E-state index contributed by atoms with van der Waals surface area (Å²) in [7, 11) is 0. The molecule has 0 amide bonds. The van der Waals surface area contributed by atoms with Crippen LogP contribution in [0, 0.1) is 0 Å². The first-order valence-electron chi connectivity index (χ1n) is 14.0. The maximum atomic E-state index is 12.5. The number of pyridine rings is 1. The van der Waals surface area contributed by atoms with Gasteiger partial charge >= 0.3 is 5.97 Å². The number of benzene rings is 2. The highest BCUT2D eigenvalue weighted by Crippen LogP contribution is 2.25. The number of aromatic nitrogens is 1. The second kappa shape index (κ2) is 15.2. The molecule has 0 saturated heterocycles. The lowest BCUT2D eigenvalue weighted by Crippen LogP contribution is -2.15. The van der Waals surface area contributed by atoms with Crippen LogP contribution in [0.15, 0.2) is 66.9 Å². The Labute approximate surface area is 218 Å². The van der Waals surface area contributed by atoms with Gasteiger partial charge in [-0.25, -0.2) is 4.79 Å². The van der Waals surface area contributed by atoms with Gasteiger partial charge < -0.3 is 4.74 Å². The van der Waals surface area contributed by atoms with Gasteiger partial charge in [-0.15, -0.1) is 0 Å². The molecule has 0 aliphatic heterocycles. The third kappa shape index (κ3) is 8.93. The van der Waals surface area contributed by atoms with Gasteiger partial charge in [-0.1, -0.05) is 107 Å². The van der Waals surface area contributed by atoms with Crippen molar-refractivity contribution in [2.24, 2.45) is 0 Å². The van der Waals surface area contributed by atoms with Crippen molar-refractivity contribution >= 4 is 5.97 Å². The van der Waals surface area contributed by atoms with Gasteiger partial charge in [0.2, 0.25) is 0 Å². The smallest absolute Gasteiger partial charge is 0.339 e. The Morgan fingerprint density at radius 1 is 0.722 bits per heavy atom. The fourth-order valence-electron chi connectivity index (χ4n) is 4.48. The van der Waals surface area contributed by atoms with E-state index in [1.165, 1.54) is 68.1 Å². The predicted molar refractivity (Wildman–Crippen MR) is 151 cm³/mol. The number of hydrogen-bond acceptors (Lipinski definition) is 3. The number of esters is 1. The normalized spacial score (nSPS) is 11.9. The monoisotopic (exact) mass is 485 g/mol. The number of carbonyl (C=O) groups is 1. The molecule has 0 spiro atoms. The lowest BCUT2D eigenvalue weighted by atomic mass is 9.99. The molecule has 2 aromatic carbocycles. The molecule has 0 unspecified atom stereocenters. The molecular weight excluding hydrogens is 442 g/mol. The molecule has 0 aliphatic rings. The van der Waals surface area contributed by atoms with Gasteiger partial charge in [0.1, 0.15) is 0 Å². The van der Waals surface area contributed by atoms with Crippen LogP contribution in [-0.2, 0) is 11.2 Å². The lowest BCUT2D eigenvalue weighted by Gasteiger charge is -2.13. The number of rotatable bonds is 15. The molecule has 3 nitrogen and oxygen atoms in total. The van der Waals surface area contributed by atoms with Crippen molar-refractivity contribution in [3.63, 3.8) is 0 Å². The molecule has 3 rings (SSSR count). The third-order valence-corrected chi connectivity index (χ3v) is 6.81. The van der Waals surface area contributed by atoms with Crippen LogP contribution in [0.3, 0.4) is 0 Å². The Morgan fingerprint density at radius 3 is 1.92 bits per heavy atom. The minimum Gasteiger partial charge on any atom is -0.459 e. The first-order chi connectivity index (χ1) is 17.6. The van der Waals surface area contributed by atoms with Gasteiger partial charge in [0, 0.05) is 11.8 Å². The zero-order valence-corrected chi connectivity index (χ0v) is 22.5. The van der Waals surface area contributed by atoms with Crippen molar-refractivity contribution in [1.29, 1.82) is 0 Å². The molecule has 3 aromatic rings. The quantitative estimate of drug-likeness (QED) is 0.159. The lowest BCUT2D eigenvalue weighted by molar-refractivity contribution is 0.0319. The van der Waals surface area contributed by atoms with Crippen LogP contribution in [0.4, 0.5) is 0 Å². The van der Waals surface area contributed by atoms with E-state index in [-0.39, 0.29) is 12.1 Å². The SMILES string of the molecule is CCCCCCCc1ccc(-c2ccc(-c3ccc(C(=O)O[C@H](C)CCCCCC)cn3)cc2)cc1. The van der Waals surface area contributed by atoms with E-state index in [0.29, 0.717) is 5.56 Å². The topological polar surface area (TPSA) is 39.2 Å². The summed E-state index contributed by atoms with van der Waals surface area (Å²) in [6, 6.07) is 21.1. The van der Waals surface area contributed by atoms with Crippen molar-refractivity contribution in [3.05, 3.63) is 78.0 Å². The summed E-state index contributed by atoms with van der Waals surface area (Å²) in [5.41, 5.74) is 6.23. The molecule has 3 heteroatoms. The Morgan fingerprint density at radius 2 is 1.31 bits per heavy atom. The molecule has 1 heterocycles. The average Bonchev–Trinajstić information content (AvgIpc) is 2.91. The Balaban J connectivity index is 1.52. The molecule has 0 fully saturated rings. The standard InChI is InChI=1S/C33H43NO2/c1-4-6-8-10-12-14-27-15-17-28(18-16-27)29-19-21-30(22-20-29)32-24-23-31(25-34-32)33(35)36-26(3)13-11-9-7-5-2/h15-26H,4-14H2,1-3H3/t26-/m1/s1. The van der Waals surface area contributed by atoms with Crippen molar-refractivity contribution in [1.82, 2.24) is 4.98 Å². The number of unbranched alkanes of at least 4 members (excludes halogenated alkanes) is 7. The Bertz CT molecular complexity index is 1020. The summed E-state index contributed by atoms with van der Waals surface area (Å²) in [4.78, 5) is 17.0. The van der Waals surface area contributed by atoms with Crippen molar-refractivity contribution in [3.8, 4) is 22.4 Å². The number of hydrogen-bond donors (Lipinski definition) is 0. The summed E-state index contributed by atoms with van der Waals surface area (Å²) in [5, 5.41) is 0. The molecule has 0 radical (unpaired) electrons. The van der Waals surface area contributed by atoms with Crippen LogP contribution in [-0.4, -0.2) is 17.1 Å². The fraction of sp³-hybridized carbons (Fsp3) is 0.455. The van der Waals surface area contributed by atoms with E-state index >= 15 is 0 Å². The number of carbonyl (C=O) groups excluding carboxylic acids is 1. The predicted octanol–water partition coefficient (Wildman–Crippen LogP) is 9.44. The number of nitrogens with zero attached hydrogens (tertiary/aromatic N) is 1. The molecular formula is C33H43NO2. The second-order valence-corrected chi connectivity index (χ2v) is 9.94. The molecule has 36 heavy (non-hydrogen) atoms. The van der Waals surface area contributed by atoms with E-state index in [2.05, 4.69) is 67.4 Å². The van der Waals surface area contributed by atoms with E-state index in [1.807, 2.05) is 19.1 Å². The van der Waals surface area contributed by atoms with Gasteiger partial charge in [0.05, 0.1) is 17.4 Å². The first-order valence-corrected chi connectivity index (χ1v) is 14.0. The van der Waals surface area contributed by atoms with E-state index in [4.69, 9.17) is 4.74 Å². The first kappa shape index (κ1) is 27.6. The zero-order valence-electron chi connectivity index (χ0n) is 22.5. The van der Waals surface area contributed by atoms with Crippen LogP contribution in [0.2, 0.25) is 0 Å². The van der Waals surface area contributed by atoms with Crippen LogP contribution in [0.1, 0.15) is 101 Å². The summed E-state index contributed by atoms with van der Waals surface area (Å²) in [6.07, 6.45) is 14.9. The maximum Gasteiger partial charge on any atom is 0.339 e. The zero-order chi connectivity index (χ0) is 25.6. The van der Waals surface area contributed by atoms with E-state index in [0.717, 1.165) is 30.5 Å². The highest BCUT2D eigenvalue weighted by atomic mass is 16.5. The minimum atomic E-state index is -0.295. The second-order valence-electron chi connectivity index (χ2n) is 9.94. The molecule has 0 N–H and O–H groups in total. The average molecular weight is 486 g/mol. The Hall–Kier alpha value is -2.94. The van der Waals surface area contributed by atoms with E-state index < -0.39 is 0 Å². The largest absolute Gasteiger partial charge is 0.459 e. The third-order valence-electron chi connectivity index (χ3n) is 6.81. The molecule has 0 saturated carbocycles. The van der Waals surface area contributed by atoms with Crippen molar-refractivity contribution in [2.75, 3.05) is 0 Å². The van der Waals surface area contributed by atoms with Gasteiger partial charge in [0.15, 0.2) is 0 Å². The Kier molecular flexibility index (Phi) is 11.7. The maximum absolute atomic E-state index is 12.5. The van der Waals surface area contributed by atoms with Gasteiger partial charge in [-0.05, 0) is 61.4 Å². The van der Waals surface area contributed by atoms with Gasteiger partial charge in [-0.2, -0.15) is 0 Å². The molecule has 0 aliphatic carbocycles.